The third kappa shape index (κ3) is 5.39. The summed E-state index contributed by atoms with van der Waals surface area (Å²) in [4.78, 5) is 17.0. The first-order chi connectivity index (χ1) is 15.5. The Bertz CT molecular complexity index is 1250. The summed E-state index contributed by atoms with van der Waals surface area (Å²) in [6, 6.07) is 11.5. The predicted molar refractivity (Wildman–Crippen MR) is 128 cm³/mol. The van der Waals surface area contributed by atoms with Gasteiger partial charge in [0, 0.05) is 43.5 Å². The van der Waals surface area contributed by atoms with Crippen molar-refractivity contribution in [2.24, 2.45) is 0 Å². The van der Waals surface area contributed by atoms with Gasteiger partial charge in [0.05, 0.1) is 16.4 Å². The minimum atomic E-state index is -3.72. The van der Waals surface area contributed by atoms with Gasteiger partial charge in [-0.3, -0.25) is 14.4 Å². The first kappa shape index (κ1) is 23.7. The maximum absolute atomic E-state index is 12.9. The molecule has 4 rings (SSSR count). The first-order valence-corrected chi connectivity index (χ1v) is 14.3. The number of sulfone groups is 1. The number of nitrogens with one attached hydrogen (secondary N) is 1. The van der Waals surface area contributed by atoms with Gasteiger partial charge >= 0.3 is 0 Å². The number of sulfonamides is 1. The van der Waals surface area contributed by atoms with Gasteiger partial charge in [-0.05, 0) is 67.8 Å². The number of nitrogens with zero attached hydrogens (tertiary/aromatic N) is 2. The van der Waals surface area contributed by atoms with E-state index < -0.39 is 19.9 Å². The number of hydrogen-bond donors (Lipinski definition) is 1. The van der Waals surface area contributed by atoms with Crippen molar-refractivity contribution >= 4 is 31.5 Å². The lowest BCUT2D eigenvalue weighted by Gasteiger charge is -2.37. The minimum Gasteiger partial charge on any atom is -0.336 e. The molecule has 0 bridgehead atoms. The smallest absolute Gasteiger partial charge is 0.261 e. The van der Waals surface area contributed by atoms with Crippen LogP contribution >= 0.6 is 0 Å². The molecule has 0 spiro atoms. The highest BCUT2D eigenvalue weighted by Crippen LogP contribution is 2.22. The Morgan fingerprint density at radius 3 is 2.21 bits per heavy atom. The van der Waals surface area contributed by atoms with Gasteiger partial charge in [0.25, 0.3) is 15.9 Å². The molecule has 0 saturated carbocycles. The fourth-order valence-electron chi connectivity index (χ4n) is 4.31. The molecule has 0 radical (unpaired) electrons. The van der Waals surface area contributed by atoms with Crippen molar-refractivity contribution in [3.63, 3.8) is 0 Å². The molecular weight excluding hydrogens is 462 g/mol. The summed E-state index contributed by atoms with van der Waals surface area (Å²) in [7, 11) is -6.65. The van der Waals surface area contributed by atoms with Crippen LogP contribution in [0.5, 0.6) is 0 Å². The molecule has 2 heterocycles. The number of piperazine rings is 1. The summed E-state index contributed by atoms with van der Waals surface area (Å²) in [6.07, 6.45) is 0.663. The molecule has 33 heavy (non-hydrogen) atoms. The summed E-state index contributed by atoms with van der Waals surface area (Å²) in [5.74, 6) is 0.342. The molecule has 0 aliphatic carbocycles. The Balaban J connectivity index is 1.36. The number of benzene rings is 2. The molecule has 2 aliphatic heterocycles. The molecule has 2 aliphatic rings. The topological polar surface area (TPSA) is 104 Å². The van der Waals surface area contributed by atoms with Crippen molar-refractivity contribution in [1.82, 2.24) is 9.80 Å². The van der Waals surface area contributed by atoms with Crippen LogP contribution in [0.25, 0.3) is 0 Å². The van der Waals surface area contributed by atoms with Crippen LogP contribution in [0.15, 0.2) is 47.4 Å². The predicted octanol–water partition coefficient (Wildman–Crippen LogP) is 2.05. The van der Waals surface area contributed by atoms with Crippen LogP contribution in [0.1, 0.15) is 27.9 Å². The number of anilines is 1. The van der Waals surface area contributed by atoms with Crippen molar-refractivity contribution in [2.45, 2.75) is 31.2 Å². The maximum atomic E-state index is 12.9. The fourth-order valence-corrected chi connectivity index (χ4v) is 7.22. The summed E-state index contributed by atoms with van der Waals surface area (Å²) in [5, 5.41) is 0. The Morgan fingerprint density at radius 1 is 0.970 bits per heavy atom. The zero-order valence-electron chi connectivity index (χ0n) is 18.8. The molecule has 2 saturated heterocycles. The average Bonchev–Trinajstić information content (AvgIpc) is 3.15. The van der Waals surface area contributed by atoms with E-state index in [-0.39, 0.29) is 28.4 Å². The van der Waals surface area contributed by atoms with Crippen LogP contribution in [-0.4, -0.2) is 76.3 Å². The highest BCUT2D eigenvalue weighted by Gasteiger charge is 2.34. The van der Waals surface area contributed by atoms with Crippen molar-refractivity contribution in [2.75, 3.05) is 42.4 Å². The van der Waals surface area contributed by atoms with Gasteiger partial charge in [-0.2, -0.15) is 0 Å². The summed E-state index contributed by atoms with van der Waals surface area (Å²) in [5.41, 5.74) is 2.79. The van der Waals surface area contributed by atoms with E-state index in [0.29, 0.717) is 43.9 Å². The number of amides is 1. The van der Waals surface area contributed by atoms with E-state index in [2.05, 4.69) is 9.62 Å². The summed E-state index contributed by atoms with van der Waals surface area (Å²) >= 11 is 0. The molecule has 1 unspecified atom stereocenters. The third-order valence-corrected chi connectivity index (χ3v) is 9.63. The lowest BCUT2D eigenvalue weighted by Crippen LogP contribution is -2.52. The second kappa shape index (κ2) is 9.08. The lowest BCUT2D eigenvalue weighted by atomic mass is 10.1. The second-order valence-electron chi connectivity index (χ2n) is 8.81. The largest absolute Gasteiger partial charge is 0.336 e. The summed E-state index contributed by atoms with van der Waals surface area (Å²) in [6.45, 7) is 6.17. The van der Waals surface area contributed by atoms with E-state index in [1.165, 1.54) is 0 Å². The highest BCUT2D eigenvalue weighted by atomic mass is 32.2. The van der Waals surface area contributed by atoms with E-state index in [9.17, 15) is 21.6 Å². The minimum absolute atomic E-state index is 0.0527. The van der Waals surface area contributed by atoms with E-state index in [0.717, 1.165) is 11.1 Å². The number of rotatable bonds is 5. The molecule has 2 aromatic carbocycles. The van der Waals surface area contributed by atoms with Gasteiger partial charge in [0.15, 0.2) is 9.84 Å². The maximum Gasteiger partial charge on any atom is 0.261 e. The third-order valence-electron chi connectivity index (χ3n) is 6.50. The molecule has 2 fully saturated rings. The monoisotopic (exact) mass is 491 g/mol. The van der Waals surface area contributed by atoms with Crippen LogP contribution in [0, 0.1) is 13.8 Å². The Morgan fingerprint density at radius 2 is 1.64 bits per heavy atom. The molecule has 10 heteroatoms. The van der Waals surface area contributed by atoms with E-state index in [1.807, 2.05) is 13.8 Å². The van der Waals surface area contributed by atoms with Gasteiger partial charge in [-0.25, -0.2) is 16.8 Å². The van der Waals surface area contributed by atoms with E-state index >= 15 is 0 Å². The van der Waals surface area contributed by atoms with Crippen molar-refractivity contribution in [3.05, 3.63) is 59.2 Å². The quantitative estimate of drug-likeness (QED) is 0.687. The fraction of sp³-hybridized carbons (Fsp3) is 0.435. The molecular formula is C23H29N3O5S2. The highest BCUT2D eigenvalue weighted by molar-refractivity contribution is 7.92. The van der Waals surface area contributed by atoms with Crippen LogP contribution in [0.3, 0.4) is 0 Å². The Labute approximate surface area is 195 Å². The lowest BCUT2D eigenvalue weighted by molar-refractivity contribution is 0.0588. The first-order valence-electron chi connectivity index (χ1n) is 11.0. The van der Waals surface area contributed by atoms with Gasteiger partial charge in [0.1, 0.15) is 0 Å². The molecule has 1 amide bonds. The molecule has 0 aromatic heterocycles. The number of hydrogen-bond acceptors (Lipinski definition) is 6. The molecule has 178 valence electrons. The van der Waals surface area contributed by atoms with Gasteiger partial charge in [0.2, 0.25) is 0 Å². The summed E-state index contributed by atoms with van der Waals surface area (Å²) < 4.78 is 51.4. The van der Waals surface area contributed by atoms with Crippen molar-refractivity contribution < 1.29 is 21.6 Å². The number of aryl methyl sites for hydroxylation is 2. The van der Waals surface area contributed by atoms with E-state index in [1.54, 1.807) is 47.4 Å². The average molecular weight is 492 g/mol. The zero-order chi connectivity index (χ0) is 23.8. The van der Waals surface area contributed by atoms with E-state index in [4.69, 9.17) is 0 Å². The van der Waals surface area contributed by atoms with Gasteiger partial charge in [-0.15, -0.1) is 0 Å². The van der Waals surface area contributed by atoms with Gasteiger partial charge < -0.3 is 4.90 Å². The Hall–Kier alpha value is -2.43. The molecule has 1 N–H and O–H groups in total. The molecule has 2 aromatic rings. The van der Waals surface area contributed by atoms with Crippen LogP contribution in [-0.2, 0) is 19.9 Å². The van der Waals surface area contributed by atoms with Crippen LogP contribution < -0.4 is 4.72 Å². The number of carbonyl (C=O) groups is 1. The van der Waals surface area contributed by atoms with Crippen LogP contribution in [0.4, 0.5) is 5.69 Å². The SMILES string of the molecule is Cc1ccc(S(=O)(=O)Nc2ccc(C(=O)N3CCN(C4CCS(=O)(=O)C4)CC3)cc2)cc1C. The Kier molecular flexibility index (Phi) is 6.52. The van der Waals surface area contributed by atoms with Crippen molar-refractivity contribution in [1.29, 1.82) is 0 Å². The zero-order valence-corrected chi connectivity index (χ0v) is 20.5. The molecule has 8 nitrogen and oxygen atoms in total. The number of carbonyl (C=O) groups excluding carboxylic acids is 1. The van der Waals surface area contributed by atoms with Gasteiger partial charge in [-0.1, -0.05) is 6.07 Å². The van der Waals surface area contributed by atoms with Crippen molar-refractivity contribution in [3.8, 4) is 0 Å². The van der Waals surface area contributed by atoms with Crippen LogP contribution in [0.2, 0.25) is 0 Å². The molecule has 1 atom stereocenters. The standard InChI is InChI=1S/C23H29N3O5S2/c1-17-3-8-22(15-18(17)2)33(30,31)24-20-6-4-19(5-7-20)23(27)26-12-10-25(11-13-26)21-9-14-32(28,29)16-21/h3-8,15,21,24H,9-14,16H2,1-2H3. The second-order valence-corrected chi connectivity index (χ2v) is 12.7. The normalized spacial score (nSPS) is 21.2.